The van der Waals surface area contributed by atoms with Crippen molar-refractivity contribution in [3.05, 3.63) is 60.7 Å². The molecular weight excluding hydrogens is 352 g/mol. The van der Waals surface area contributed by atoms with Crippen LogP contribution in [-0.2, 0) is 9.47 Å². The monoisotopic (exact) mass is 384 g/mol. The van der Waals surface area contributed by atoms with Gasteiger partial charge >= 0.3 is 0 Å². The first-order chi connectivity index (χ1) is 13.9. The van der Waals surface area contributed by atoms with Gasteiger partial charge in [-0.05, 0) is 37.1 Å². The summed E-state index contributed by atoms with van der Waals surface area (Å²) in [6, 6.07) is 19.8. The number of benzene rings is 2. The minimum atomic E-state index is 0.137. The van der Waals surface area contributed by atoms with Gasteiger partial charge < -0.3 is 18.9 Å². The fourth-order valence-corrected chi connectivity index (χ4v) is 3.68. The van der Waals surface area contributed by atoms with E-state index in [4.69, 9.17) is 18.9 Å². The van der Waals surface area contributed by atoms with Crippen molar-refractivity contribution >= 4 is 0 Å². The van der Waals surface area contributed by atoms with Crippen molar-refractivity contribution in [1.82, 2.24) is 0 Å². The van der Waals surface area contributed by atoms with Crippen LogP contribution in [0.1, 0.15) is 32.1 Å². The Labute approximate surface area is 168 Å². The summed E-state index contributed by atoms with van der Waals surface area (Å²) in [5.41, 5.74) is 0.137. The van der Waals surface area contributed by atoms with Crippen molar-refractivity contribution in [1.29, 1.82) is 0 Å². The average molecular weight is 385 g/mol. The zero-order valence-corrected chi connectivity index (χ0v) is 16.7. The molecule has 0 atom stereocenters. The Morgan fingerprint density at radius 3 is 1.50 bits per heavy atom. The van der Waals surface area contributed by atoms with Crippen molar-refractivity contribution in [3.63, 3.8) is 0 Å². The van der Waals surface area contributed by atoms with Gasteiger partial charge in [-0.25, -0.2) is 0 Å². The Morgan fingerprint density at radius 1 is 0.571 bits per heavy atom. The standard InChI is InChI=1S/C24H32O4/c1-4-10-22(11-5-1)27-18-16-25-20-24(14-8-3-9-15-24)21-26-17-19-28-23-12-6-2-7-13-23/h1-2,4-7,10-13H,3,8-9,14-21H2. The molecule has 0 amide bonds. The van der Waals surface area contributed by atoms with Gasteiger partial charge in [0.15, 0.2) is 0 Å². The Bertz CT molecular complexity index is 587. The van der Waals surface area contributed by atoms with Gasteiger partial charge in [0.2, 0.25) is 0 Å². The zero-order valence-electron chi connectivity index (χ0n) is 16.7. The molecule has 0 saturated heterocycles. The summed E-state index contributed by atoms with van der Waals surface area (Å²) in [6.45, 7) is 3.84. The first-order valence-electron chi connectivity index (χ1n) is 10.4. The molecule has 28 heavy (non-hydrogen) atoms. The van der Waals surface area contributed by atoms with Crippen molar-refractivity contribution in [2.45, 2.75) is 32.1 Å². The summed E-state index contributed by atoms with van der Waals surface area (Å²) < 4.78 is 23.4. The van der Waals surface area contributed by atoms with Gasteiger partial charge in [0.1, 0.15) is 24.7 Å². The SMILES string of the molecule is c1ccc(OCCOCC2(COCCOc3ccccc3)CCCCC2)cc1. The van der Waals surface area contributed by atoms with E-state index in [0.29, 0.717) is 26.4 Å². The summed E-state index contributed by atoms with van der Waals surface area (Å²) in [5, 5.41) is 0. The van der Waals surface area contributed by atoms with Gasteiger partial charge in [-0.2, -0.15) is 0 Å². The van der Waals surface area contributed by atoms with Crippen LogP contribution in [0.3, 0.4) is 0 Å². The molecule has 1 saturated carbocycles. The van der Waals surface area contributed by atoms with Crippen LogP contribution in [0.4, 0.5) is 0 Å². The molecule has 0 radical (unpaired) electrons. The quantitative estimate of drug-likeness (QED) is 0.476. The van der Waals surface area contributed by atoms with Crippen LogP contribution in [0.5, 0.6) is 11.5 Å². The summed E-state index contributed by atoms with van der Waals surface area (Å²) in [6.07, 6.45) is 6.18. The molecule has 1 aliphatic rings. The van der Waals surface area contributed by atoms with Gasteiger partial charge in [0.25, 0.3) is 0 Å². The van der Waals surface area contributed by atoms with E-state index in [9.17, 15) is 0 Å². The van der Waals surface area contributed by atoms with Crippen LogP contribution in [0.2, 0.25) is 0 Å². The topological polar surface area (TPSA) is 36.9 Å². The highest BCUT2D eigenvalue weighted by Crippen LogP contribution is 2.37. The van der Waals surface area contributed by atoms with Crippen LogP contribution in [-0.4, -0.2) is 39.6 Å². The number of para-hydroxylation sites is 2. The molecule has 152 valence electrons. The van der Waals surface area contributed by atoms with Crippen molar-refractivity contribution in [2.24, 2.45) is 5.41 Å². The number of ether oxygens (including phenoxy) is 4. The van der Waals surface area contributed by atoms with Crippen LogP contribution in [0, 0.1) is 5.41 Å². The highest BCUT2D eigenvalue weighted by molar-refractivity contribution is 5.21. The summed E-state index contributed by atoms with van der Waals surface area (Å²) in [5.74, 6) is 1.78. The molecule has 3 rings (SSSR count). The maximum absolute atomic E-state index is 5.99. The second kappa shape index (κ2) is 11.7. The van der Waals surface area contributed by atoms with E-state index in [1.807, 2.05) is 60.7 Å². The molecule has 0 aliphatic heterocycles. The molecule has 0 bridgehead atoms. The minimum Gasteiger partial charge on any atom is -0.491 e. The largest absolute Gasteiger partial charge is 0.491 e. The number of hydrogen-bond acceptors (Lipinski definition) is 4. The molecule has 0 aromatic heterocycles. The van der Waals surface area contributed by atoms with Gasteiger partial charge in [-0.3, -0.25) is 0 Å². The van der Waals surface area contributed by atoms with Gasteiger partial charge in [-0.1, -0.05) is 55.7 Å². The Morgan fingerprint density at radius 2 is 1.04 bits per heavy atom. The average Bonchev–Trinajstić information content (AvgIpc) is 2.75. The predicted molar refractivity (Wildman–Crippen MR) is 111 cm³/mol. The second-order valence-corrected chi connectivity index (χ2v) is 7.49. The molecule has 0 spiro atoms. The molecule has 0 heterocycles. The van der Waals surface area contributed by atoms with Crippen LogP contribution in [0.25, 0.3) is 0 Å². The van der Waals surface area contributed by atoms with Crippen LogP contribution in [0.15, 0.2) is 60.7 Å². The number of rotatable bonds is 12. The third-order valence-electron chi connectivity index (χ3n) is 5.21. The normalized spacial score (nSPS) is 15.9. The number of hydrogen-bond donors (Lipinski definition) is 0. The lowest BCUT2D eigenvalue weighted by molar-refractivity contribution is -0.0504. The Balaban J connectivity index is 1.33. The fourth-order valence-electron chi connectivity index (χ4n) is 3.68. The summed E-state index contributed by atoms with van der Waals surface area (Å²) in [4.78, 5) is 0. The van der Waals surface area contributed by atoms with E-state index < -0.39 is 0 Å². The molecule has 2 aromatic carbocycles. The lowest BCUT2D eigenvalue weighted by Crippen LogP contribution is -2.35. The third kappa shape index (κ3) is 7.17. The van der Waals surface area contributed by atoms with Crippen molar-refractivity contribution in [2.75, 3.05) is 39.6 Å². The van der Waals surface area contributed by atoms with Crippen LogP contribution >= 0.6 is 0 Å². The first-order valence-corrected chi connectivity index (χ1v) is 10.4. The van der Waals surface area contributed by atoms with E-state index in [2.05, 4.69) is 0 Å². The molecule has 1 aliphatic carbocycles. The van der Waals surface area contributed by atoms with Crippen molar-refractivity contribution in [3.8, 4) is 11.5 Å². The predicted octanol–water partition coefficient (Wildman–Crippen LogP) is 5.13. The highest BCUT2D eigenvalue weighted by atomic mass is 16.5. The van der Waals surface area contributed by atoms with Gasteiger partial charge in [0, 0.05) is 5.41 Å². The van der Waals surface area contributed by atoms with E-state index in [-0.39, 0.29) is 5.41 Å². The molecule has 2 aromatic rings. The Kier molecular flexibility index (Phi) is 8.66. The summed E-state index contributed by atoms with van der Waals surface area (Å²) in [7, 11) is 0. The van der Waals surface area contributed by atoms with E-state index >= 15 is 0 Å². The first kappa shape index (κ1) is 20.7. The molecule has 0 unspecified atom stereocenters. The second-order valence-electron chi connectivity index (χ2n) is 7.49. The third-order valence-corrected chi connectivity index (χ3v) is 5.21. The molecule has 1 fully saturated rings. The molecule has 4 nitrogen and oxygen atoms in total. The van der Waals surface area contributed by atoms with E-state index in [1.165, 1.54) is 32.1 Å². The molecular formula is C24H32O4. The van der Waals surface area contributed by atoms with Gasteiger partial charge in [-0.15, -0.1) is 0 Å². The van der Waals surface area contributed by atoms with Gasteiger partial charge in [0.05, 0.1) is 26.4 Å². The fraction of sp³-hybridized carbons (Fsp3) is 0.500. The zero-order chi connectivity index (χ0) is 19.3. The molecule has 4 heteroatoms. The lowest BCUT2D eigenvalue weighted by atomic mass is 9.75. The maximum atomic E-state index is 5.99. The Hall–Kier alpha value is -2.04. The minimum absolute atomic E-state index is 0.137. The smallest absolute Gasteiger partial charge is 0.119 e. The van der Waals surface area contributed by atoms with Crippen LogP contribution < -0.4 is 9.47 Å². The highest BCUT2D eigenvalue weighted by Gasteiger charge is 2.32. The lowest BCUT2D eigenvalue weighted by Gasteiger charge is -2.36. The maximum Gasteiger partial charge on any atom is 0.119 e. The van der Waals surface area contributed by atoms with E-state index in [0.717, 1.165) is 24.7 Å². The van der Waals surface area contributed by atoms with Crippen molar-refractivity contribution < 1.29 is 18.9 Å². The molecule has 0 N–H and O–H groups in total. The summed E-state index contributed by atoms with van der Waals surface area (Å²) >= 11 is 0. The van der Waals surface area contributed by atoms with E-state index in [1.54, 1.807) is 0 Å².